The third-order valence-electron chi connectivity index (χ3n) is 3.93. The summed E-state index contributed by atoms with van der Waals surface area (Å²) in [5.41, 5.74) is 0.447. The third kappa shape index (κ3) is 3.60. The van der Waals surface area contributed by atoms with E-state index in [-0.39, 0.29) is 23.5 Å². The van der Waals surface area contributed by atoms with Crippen LogP contribution in [0.4, 0.5) is 0 Å². The standard InChI is InChI=1S/C15H25N3O2/c1-15(2,3)18-10-12(9-17-18)14(20)16-8-11-6-4-5-7-13(11)19/h9-11,13,19H,4-8H2,1-3H3,(H,16,20). The van der Waals surface area contributed by atoms with E-state index in [1.807, 2.05) is 20.8 Å². The predicted octanol–water partition coefficient (Wildman–Crippen LogP) is 1.92. The Balaban J connectivity index is 1.90. The van der Waals surface area contributed by atoms with Crippen LogP contribution in [0.2, 0.25) is 0 Å². The van der Waals surface area contributed by atoms with Crippen molar-refractivity contribution in [1.29, 1.82) is 0 Å². The zero-order valence-electron chi connectivity index (χ0n) is 12.6. The van der Waals surface area contributed by atoms with Gasteiger partial charge in [0.25, 0.3) is 5.91 Å². The molecule has 112 valence electrons. The second kappa shape index (κ2) is 5.95. The molecule has 0 bridgehead atoms. The maximum atomic E-state index is 12.1. The molecule has 0 radical (unpaired) electrons. The Labute approximate surface area is 120 Å². The SMILES string of the molecule is CC(C)(C)n1cc(C(=O)NCC2CCCCC2O)cn1. The zero-order chi connectivity index (χ0) is 14.8. The quantitative estimate of drug-likeness (QED) is 0.888. The van der Waals surface area contributed by atoms with E-state index >= 15 is 0 Å². The number of carbonyl (C=O) groups is 1. The van der Waals surface area contributed by atoms with Gasteiger partial charge >= 0.3 is 0 Å². The number of aliphatic hydroxyl groups excluding tert-OH is 1. The van der Waals surface area contributed by atoms with E-state index in [4.69, 9.17) is 0 Å². The molecule has 20 heavy (non-hydrogen) atoms. The van der Waals surface area contributed by atoms with E-state index in [2.05, 4.69) is 10.4 Å². The molecule has 2 unspecified atom stereocenters. The van der Waals surface area contributed by atoms with Crippen molar-refractivity contribution < 1.29 is 9.90 Å². The minimum absolute atomic E-state index is 0.113. The Morgan fingerprint density at radius 1 is 1.45 bits per heavy atom. The summed E-state index contributed by atoms with van der Waals surface area (Å²) < 4.78 is 1.79. The fourth-order valence-corrected chi connectivity index (χ4v) is 2.56. The highest BCUT2D eigenvalue weighted by atomic mass is 16.3. The fourth-order valence-electron chi connectivity index (χ4n) is 2.56. The van der Waals surface area contributed by atoms with Gasteiger partial charge in [-0.2, -0.15) is 5.10 Å². The molecule has 1 fully saturated rings. The van der Waals surface area contributed by atoms with Crippen LogP contribution in [0.1, 0.15) is 56.8 Å². The topological polar surface area (TPSA) is 67.2 Å². The van der Waals surface area contributed by atoms with Crippen molar-refractivity contribution in [2.75, 3.05) is 6.54 Å². The van der Waals surface area contributed by atoms with Gasteiger partial charge in [0.15, 0.2) is 0 Å². The second-order valence-corrected chi connectivity index (χ2v) is 6.67. The number of amides is 1. The molecule has 1 amide bonds. The average Bonchev–Trinajstić information content (AvgIpc) is 2.87. The van der Waals surface area contributed by atoms with Gasteiger partial charge in [-0.05, 0) is 33.6 Å². The number of aromatic nitrogens is 2. The Bertz CT molecular complexity index is 462. The highest BCUT2D eigenvalue weighted by Gasteiger charge is 2.24. The number of hydrogen-bond acceptors (Lipinski definition) is 3. The number of nitrogens with one attached hydrogen (secondary N) is 1. The van der Waals surface area contributed by atoms with Crippen molar-refractivity contribution >= 4 is 5.91 Å². The number of aliphatic hydroxyl groups is 1. The van der Waals surface area contributed by atoms with Gasteiger partial charge in [-0.25, -0.2) is 0 Å². The van der Waals surface area contributed by atoms with E-state index in [0.717, 1.165) is 25.7 Å². The molecule has 0 aromatic carbocycles. The molecule has 2 N–H and O–H groups in total. The molecule has 1 saturated carbocycles. The first-order chi connectivity index (χ1) is 9.38. The summed E-state index contributed by atoms with van der Waals surface area (Å²) in [4.78, 5) is 12.1. The molecule has 0 spiro atoms. The average molecular weight is 279 g/mol. The van der Waals surface area contributed by atoms with Crippen LogP contribution in [0.3, 0.4) is 0 Å². The molecule has 1 aromatic rings. The smallest absolute Gasteiger partial charge is 0.254 e. The first-order valence-corrected chi connectivity index (χ1v) is 7.39. The van der Waals surface area contributed by atoms with Crippen LogP contribution in [0, 0.1) is 5.92 Å². The van der Waals surface area contributed by atoms with Gasteiger partial charge in [0, 0.05) is 18.7 Å². The highest BCUT2D eigenvalue weighted by Crippen LogP contribution is 2.23. The Morgan fingerprint density at radius 3 is 2.75 bits per heavy atom. The first kappa shape index (κ1) is 15.0. The molecule has 0 saturated heterocycles. The summed E-state index contributed by atoms with van der Waals surface area (Å²) in [6.07, 6.45) is 7.15. The predicted molar refractivity (Wildman–Crippen MR) is 77.5 cm³/mol. The summed E-state index contributed by atoms with van der Waals surface area (Å²) in [7, 11) is 0. The van der Waals surface area contributed by atoms with Crippen LogP contribution in [0.15, 0.2) is 12.4 Å². The van der Waals surface area contributed by atoms with E-state index in [1.165, 1.54) is 0 Å². The molecule has 5 nitrogen and oxygen atoms in total. The van der Waals surface area contributed by atoms with Crippen molar-refractivity contribution in [3.8, 4) is 0 Å². The van der Waals surface area contributed by atoms with Crippen LogP contribution < -0.4 is 5.32 Å². The van der Waals surface area contributed by atoms with Crippen LogP contribution in [-0.2, 0) is 5.54 Å². The summed E-state index contributed by atoms with van der Waals surface area (Å²) in [5.74, 6) is 0.0728. The van der Waals surface area contributed by atoms with Gasteiger partial charge < -0.3 is 10.4 Å². The van der Waals surface area contributed by atoms with Crippen molar-refractivity contribution in [3.05, 3.63) is 18.0 Å². The van der Waals surface area contributed by atoms with Gasteiger partial charge in [0.05, 0.1) is 23.4 Å². The van der Waals surface area contributed by atoms with E-state index in [0.29, 0.717) is 12.1 Å². The molecule has 1 aliphatic carbocycles. The lowest BCUT2D eigenvalue weighted by Gasteiger charge is -2.27. The molecule has 2 atom stereocenters. The molecular formula is C15H25N3O2. The molecule has 1 aliphatic rings. The second-order valence-electron chi connectivity index (χ2n) is 6.67. The summed E-state index contributed by atoms with van der Waals surface area (Å²) in [5, 5.41) is 17.0. The van der Waals surface area contributed by atoms with Crippen LogP contribution in [0.25, 0.3) is 0 Å². The summed E-state index contributed by atoms with van der Waals surface area (Å²) in [6.45, 7) is 6.67. The maximum Gasteiger partial charge on any atom is 0.254 e. The lowest BCUT2D eigenvalue weighted by molar-refractivity contribution is 0.0663. The number of carbonyl (C=O) groups excluding carboxylic acids is 1. The summed E-state index contributed by atoms with van der Waals surface area (Å²) in [6, 6.07) is 0. The van der Waals surface area contributed by atoms with Crippen LogP contribution in [0.5, 0.6) is 0 Å². The summed E-state index contributed by atoms with van der Waals surface area (Å²) >= 11 is 0. The van der Waals surface area contributed by atoms with Crippen molar-refractivity contribution in [3.63, 3.8) is 0 Å². The zero-order valence-corrected chi connectivity index (χ0v) is 12.6. The Kier molecular flexibility index (Phi) is 4.48. The van der Waals surface area contributed by atoms with Gasteiger partial charge in [0.2, 0.25) is 0 Å². The lowest BCUT2D eigenvalue weighted by atomic mass is 9.86. The van der Waals surface area contributed by atoms with Crippen LogP contribution >= 0.6 is 0 Å². The molecule has 1 heterocycles. The normalized spacial score (nSPS) is 23.6. The van der Waals surface area contributed by atoms with E-state index in [1.54, 1.807) is 17.1 Å². The minimum Gasteiger partial charge on any atom is -0.393 e. The van der Waals surface area contributed by atoms with Gasteiger partial charge in [-0.3, -0.25) is 9.48 Å². The molecule has 2 rings (SSSR count). The van der Waals surface area contributed by atoms with Crippen molar-refractivity contribution in [1.82, 2.24) is 15.1 Å². The van der Waals surface area contributed by atoms with E-state index in [9.17, 15) is 9.90 Å². The first-order valence-electron chi connectivity index (χ1n) is 7.39. The highest BCUT2D eigenvalue weighted by molar-refractivity contribution is 5.93. The van der Waals surface area contributed by atoms with E-state index < -0.39 is 0 Å². The Hall–Kier alpha value is -1.36. The molecule has 0 aliphatic heterocycles. The fraction of sp³-hybridized carbons (Fsp3) is 0.733. The molecular weight excluding hydrogens is 254 g/mol. The monoisotopic (exact) mass is 279 g/mol. The lowest BCUT2D eigenvalue weighted by Crippen LogP contribution is -2.36. The number of rotatable bonds is 3. The van der Waals surface area contributed by atoms with Gasteiger partial charge in [0.1, 0.15) is 0 Å². The number of nitrogens with zero attached hydrogens (tertiary/aromatic N) is 2. The maximum absolute atomic E-state index is 12.1. The Morgan fingerprint density at radius 2 is 2.15 bits per heavy atom. The molecule has 1 aromatic heterocycles. The van der Waals surface area contributed by atoms with Gasteiger partial charge in [-0.15, -0.1) is 0 Å². The van der Waals surface area contributed by atoms with Crippen LogP contribution in [-0.4, -0.2) is 33.4 Å². The third-order valence-corrected chi connectivity index (χ3v) is 3.93. The number of hydrogen-bond donors (Lipinski definition) is 2. The minimum atomic E-state index is -0.277. The van der Waals surface area contributed by atoms with Crippen molar-refractivity contribution in [2.45, 2.75) is 58.1 Å². The van der Waals surface area contributed by atoms with Gasteiger partial charge in [-0.1, -0.05) is 12.8 Å². The molecule has 5 heteroatoms. The largest absolute Gasteiger partial charge is 0.393 e. The van der Waals surface area contributed by atoms with Crippen molar-refractivity contribution in [2.24, 2.45) is 5.92 Å².